The number of hydrogen-bond donors (Lipinski definition) is 2. The molecule has 0 radical (unpaired) electrons. The number of benzene rings is 1. The average molecular weight is 457 g/mol. The van der Waals surface area contributed by atoms with Gasteiger partial charge in [-0.25, -0.2) is 4.99 Å². The van der Waals surface area contributed by atoms with Crippen LogP contribution in [-0.4, -0.2) is 65.0 Å². The van der Waals surface area contributed by atoms with Gasteiger partial charge in [-0.1, -0.05) is 19.3 Å². The van der Waals surface area contributed by atoms with Gasteiger partial charge in [-0.2, -0.15) is 0 Å². The van der Waals surface area contributed by atoms with E-state index in [4.69, 9.17) is 4.74 Å². The van der Waals surface area contributed by atoms with Crippen molar-refractivity contribution in [1.82, 2.24) is 15.1 Å². The lowest BCUT2D eigenvalue weighted by Crippen LogP contribution is -2.43. The number of carbonyl (C=O) groups is 2. The minimum absolute atomic E-state index is 0.0209. The number of aliphatic hydroxyl groups is 1. The number of hydrogen-bond acceptors (Lipinski definition) is 6. The zero-order valence-corrected chi connectivity index (χ0v) is 19.6. The third kappa shape index (κ3) is 5.66. The molecule has 0 atom stereocenters. The molecule has 1 saturated heterocycles. The van der Waals surface area contributed by atoms with Crippen LogP contribution in [0.15, 0.2) is 17.1 Å². The van der Waals surface area contributed by atoms with Crippen LogP contribution in [0.1, 0.15) is 68.9 Å². The number of fused-ring (bicyclic) bond motifs is 2. The molecule has 1 aromatic rings. The Bertz CT molecular complexity index is 895. The molecule has 0 aromatic heterocycles. The molecule has 0 spiro atoms. The van der Waals surface area contributed by atoms with E-state index in [-0.39, 0.29) is 18.4 Å². The Kier molecular flexibility index (Phi) is 7.85. The van der Waals surface area contributed by atoms with Gasteiger partial charge >= 0.3 is 0 Å². The van der Waals surface area contributed by atoms with Crippen molar-refractivity contribution in [2.24, 2.45) is 4.99 Å². The molecule has 2 fully saturated rings. The molecule has 2 aliphatic heterocycles. The summed E-state index contributed by atoms with van der Waals surface area (Å²) in [6.45, 7) is 4.14. The maximum atomic E-state index is 12.7. The summed E-state index contributed by atoms with van der Waals surface area (Å²) in [4.78, 5) is 32.8. The van der Waals surface area contributed by atoms with Crippen molar-refractivity contribution in [3.05, 3.63) is 23.3 Å². The summed E-state index contributed by atoms with van der Waals surface area (Å²) in [5.74, 6) is 1.65. The number of nitrogens with one attached hydrogen (secondary N) is 1. The fraction of sp³-hybridized carbons (Fsp3) is 0.640. The van der Waals surface area contributed by atoms with Gasteiger partial charge in [0.05, 0.1) is 18.9 Å². The van der Waals surface area contributed by atoms with Gasteiger partial charge < -0.3 is 19.6 Å². The van der Waals surface area contributed by atoms with Gasteiger partial charge in [0.25, 0.3) is 0 Å². The Morgan fingerprint density at radius 3 is 2.82 bits per heavy atom. The number of nitrogens with zero attached hydrogens (tertiary/aromatic N) is 3. The van der Waals surface area contributed by atoms with Gasteiger partial charge in [0.1, 0.15) is 12.3 Å². The van der Waals surface area contributed by atoms with Crippen LogP contribution >= 0.6 is 0 Å². The highest BCUT2D eigenvalue weighted by atomic mass is 16.5. The maximum Gasteiger partial charge on any atom is 0.246 e. The second-order valence-electron chi connectivity index (χ2n) is 9.29. The van der Waals surface area contributed by atoms with E-state index in [1.165, 1.54) is 19.3 Å². The third-order valence-corrected chi connectivity index (χ3v) is 6.95. The molecular formula is C25H36N4O4. The van der Waals surface area contributed by atoms with Gasteiger partial charge in [0.15, 0.2) is 0 Å². The summed E-state index contributed by atoms with van der Waals surface area (Å²) in [6.07, 6.45) is 8.95. The number of amides is 2. The number of unbranched alkanes of at least 4 members (excludes halogenated alkanes) is 2. The SMILES string of the molecule is Cc1c(OCCCCCC(=O)N(CCO)C2CCCCC2)ccc2c1CN1CC(=O)NC1=N2. The Labute approximate surface area is 196 Å². The zero-order chi connectivity index (χ0) is 23.2. The van der Waals surface area contributed by atoms with E-state index in [1.54, 1.807) is 0 Å². The fourth-order valence-electron chi connectivity index (χ4n) is 5.10. The van der Waals surface area contributed by atoms with E-state index in [0.29, 0.717) is 44.7 Å². The van der Waals surface area contributed by atoms with E-state index in [9.17, 15) is 14.7 Å². The van der Waals surface area contributed by atoms with Crippen molar-refractivity contribution in [3.63, 3.8) is 0 Å². The molecule has 4 rings (SSSR count). The lowest BCUT2D eigenvalue weighted by atomic mass is 9.94. The molecule has 8 nitrogen and oxygen atoms in total. The first kappa shape index (κ1) is 23.5. The van der Waals surface area contributed by atoms with E-state index in [0.717, 1.165) is 54.7 Å². The van der Waals surface area contributed by atoms with E-state index in [2.05, 4.69) is 10.3 Å². The maximum absolute atomic E-state index is 12.7. The van der Waals surface area contributed by atoms with Gasteiger partial charge in [-0.3, -0.25) is 14.9 Å². The molecule has 3 aliphatic rings. The molecule has 1 aromatic carbocycles. The minimum Gasteiger partial charge on any atom is -0.493 e. The van der Waals surface area contributed by atoms with Crippen LogP contribution in [0, 0.1) is 6.92 Å². The predicted octanol–water partition coefficient (Wildman–Crippen LogP) is 3.02. The van der Waals surface area contributed by atoms with Crippen LogP contribution in [0.2, 0.25) is 0 Å². The first-order valence-electron chi connectivity index (χ1n) is 12.4. The van der Waals surface area contributed by atoms with Gasteiger partial charge in [-0.05, 0) is 56.7 Å². The second-order valence-corrected chi connectivity index (χ2v) is 9.29. The van der Waals surface area contributed by atoms with Crippen molar-refractivity contribution in [2.45, 2.75) is 77.3 Å². The predicted molar refractivity (Wildman–Crippen MR) is 126 cm³/mol. The number of aliphatic imine (C=N–C) groups is 1. The zero-order valence-electron chi connectivity index (χ0n) is 19.6. The van der Waals surface area contributed by atoms with Crippen LogP contribution < -0.4 is 10.1 Å². The molecule has 1 saturated carbocycles. The smallest absolute Gasteiger partial charge is 0.246 e. The normalized spacial score (nSPS) is 17.8. The summed E-state index contributed by atoms with van der Waals surface area (Å²) in [5, 5.41) is 12.2. The highest BCUT2D eigenvalue weighted by Gasteiger charge is 2.30. The average Bonchev–Trinajstić information content (AvgIpc) is 3.19. The molecule has 8 heteroatoms. The Balaban J connectivity index is 1.20. The van der Waals surface area contributed by atoms with Crippen molar-refractivity contribution in [3.8, 4) is 5.75 Å². The van der Waals surface area contributed by atoms with Crippen LogP contribution in [0.4, 0.5) is 5.69 Å². The molecule has 180 valence electrons. The topological polar surface area (TPSA) is 94.5 Å². The lowest BCUT2D eigenvalue weighted by molar-refractivity contribution is -0.135. The first-order chi connectivity index (χ1) is 16.1. The molecule has 2 N–H and O–H groups in total. The first-order valence-corrected chi connectivity index (χ1v) is 12.4. The number of aliphatic hydroxyl groups excluding tert-OH is 1. The molecule has 1 aliphatic carbocycles. The monoisotopic (exact) mass is 456 g/mol. The van der Waals surface area contributed by atoms with Crippen LogP contribution in [0.5, 0.6) is 5.75 Å². The highest BCUT2D eigenvalue weighted by molar-refractivity contribution is 6.05. The number of carbonyl (C=O) groups excluding carboxylic acids is 2. The van der Waals surface area contributed by atoms with Gasteiger partial charge in [-0.15, -0.1) is 0 Å². The van der Waals surface area contributed by atoms with Gasteiger partial charge in [0.2, 0.25) is 17.8 Å². The van der Waals surface area contributed by atoms with E-state index in [1.807, 2.05) is 28.9 Å². The van der Waals surface area contributed by atoms with Crippen molar-refractivity contribution >= 4 is 23.5 Å². The van der Waals surface area contributed by atoms with Crippen molar-refractivity contribution in [1.29, 1.82) is 0 Å². The number of rotatable bonds is 10. The van der Waals surface area contributed by atoms with Crippen molar-refractivity contribution in [2.75, 3.05) is 26.3 Å². The van der Waals surface area contributed by atoms with Crippen LogP contribution in [0.3, 0.4) is 0 Å². The molecule has 2 heterocycles. The Morgan fingerprint density at radius 2 is 2.03 bits per heavy atom. The van der Waals surface area contributed by atoms with Crippen LogP contribution in [-0.2, 0) is 16.1 Å². The molecule has 2 amide bonds. The minimum atomic E-state index is -0.0209. The number of ether oxygens (including phenoxy) is 1. The summed E-state index contributed by atoms with van der Waals surface area (Å²) < 4.78 is 6.05. The molecule has 0 unspecified atom stereocenters. The number of guanidine groups is 1. The Morgan fingerprint density at radius 1 is 1.21 bits per heavy atom. The van der Waals surface area contributed by atoms with Crippen molar-refractivity contribution < 1.29 is 19.4 Å². The lowest BCUT2D eigenvalue weighted by Gasteiger charge is -2.34. The largest absolute Gasteiger partial charge is 0.493 e. The highest BCUT2D eigenvalue weighted by Crippen LogP contribution is 2.34. The Hall–Kier alpha value is -2.61. The molecular weight excluding hydrogens is 420 g/mol. The molecule has 0 bridgehead atoms. The summed E-state index contributed by atoms with van der Waals surface area (Å²) in [5.41, 5.74) is 3.05. The second kappa shape index (κ2) is 11.0. The quantitative estimate of drug-likeness (QED) is 0.528. The van der Waals surface area contributed by atoms with Crippen LogP contribution in [0.25, 0.3) is 0 Å². The summed E-state index contributed by atoms with van der Waals surface area (Å²) in [7, 11) is 0. The van der Waals surface area contributed by atoms with Gasteiger partial charge in [0, 0.05) is 31.1 Å². The van der Waals surface area contributed by atoms with E-state index >= 15 is 0 Å². The third-order valence-electron chi connectivity index (χ3n) is 6.95. The summed E-state index contributed by atoms with van der Waals surface area (Å²) >= 11 is 0. The molecule has 33 heavy (non-hydrogen) atoms. The standard InChI is InChI=1S/C25H36N4O4/c1-18-20-16-28-17-23(31)27-25(28)26-21(20)11-12-22(18)33-15-7-3-6-10-24(32)29(13-14-30)19-8-4-2-5-9-19/h11-12,19,30H,2-10,13-17H2,1H3,(H,26,27,31). The fourth-order valence-corrected chi connectivity index (χ4v) is 5.10. The summed E-state index contributed by atoms with van der Waals surface area (Å²) in [6, 6.07) is 4.21. The van der Waals surface area contributed by atoms with E-state index < -0.39 is 0 Å².